The van der Waals surface area contributed by atoms with Crippen LogP contribution in [0.5, 0.6) is 5.75 Å². The molecular formula is C14H22BrNO. The molecule has 0 aliphatic carbocycles. The van der Waals surface area contributed by atoms with Crippen LogP contribution in [0.1, 0.15) is 44.2 Å². The Morgan fingerprint density at radius 2 is 2.12 bits per heavy atom. The maximum atomic E-state index is 5.24. The van der Waals surface area contributed by atoms with Gasteiger partial charge in [-0.3, -0.25) is 0 Å². The van der Waals surface area contributed by atoms with Crippen LogP contribution in [-0.2, 0) is 0 Å². The summed E-state index contributed by atoms with van der Waals surface area (Å²) < 4.78 is 6.27. The molecule has 1 atom stereocenters. The van der Waals surface area contributed by atoms with Gasteiger partial charge in [0, 0.05) is 6.04 Å². The van der Waals surface area contributed by atoms with Crippen molar-refractivity contribution < 1.29 is 4.74 Å². The first-order valence-corrected chi connectivity index (χ1v) is 7.03. The van der Waals surface area contributed by atoms with E-state index in [1.54, 1.807) is 7.11 Å². The van der Waals surface area contributed by atoms with Gasteiger partial charge in [-0.15, -0.1) is 0 Å². The number of hydrogen-bond donors (Lipinski definition) is 1. The molecule has 0 saturated heterocycles. The topological polar surface area (TPSA) is 21.3 Å². The lowest BCUT2D eigenvalue weighted by Crippen LogP contribution is -2.16. The van der Waals surface area contributed by atoms with Gasteiger partial charge in [0.25, 0.3) is 0 Å². The molecule has 0 aromatic heterocycles. The molecule has 0 fully saturated rings. The maximum absolute atomic E-state index is 5.24. The number of benzene rings is 1. The summed E-state index contributed by atoms with van der Waals surface area (Å²) in [6, 6.07) is 6.73. The maximum Gasteiger partial charge on any atom is 0.133 e. The summed E-state index contributed by atoms with van der Waals surface area (Å²) in [5, 5.41) is 3.38. The van der Waals surface area contributed by atoms with Crippen molar-refractivity contribution in [2.75, 3.05) is 14.2 Å². The third-order valence-electron chi connectivity index (χ3n) is 3.02. The Morgan fingerprint density at radius 3 is 2.65 bits per heavy atom. The van der Waals surface area contributed by atoms with Crippen molar-refractivity contribution in [3.8, 4) is 5.75 Å². The fourth-order valence-corrected chi connectivity index (χ4v) is 2.53. The Labute approximate surface area is 113 Å². The molecule has 1 aromatic rings. The van der Waals surface area contributed by atoms with E-state index in [2.05, 4.69) is 40.3 Å². The highest BCUT2D eigenvalue weighted by molar-refractivity contribution is 9.10. The molecule has 1 rings (SSSR count). The van der Waals surface area contributed by atoms with Crippen molar-refractivity contribution in [3.63, 3.8) is 0 Å². The van der Waals surface area contributed by atoms with Crippen molar-refractivity contribution >= 4 is 15.9 Å². The van der Waals surface area contributed by atoms with Gasteiger partial charge in [0.05, 0.1) is 11.6 Å². The molecule has 1 N–H and O–H groups in total. The first-order valence-electron chi connectivity index (χ1n) is 6.23. The monoisotopic (exact) mass is 299 g/mol. The first-order chi connectivity index (χ1) is 8.22. The molecule has 0 amide bonds. The second-order valence-corrected chi connectivity index (χ2v) is 5.09. The number of halogens is 1. The highest BCUT2D eigenvalue weighted by atomic mass is 79.9. The largest absolute Gasteiger partial charge is 0.496 e. The molecule has 0 spiro atoms. The number of ether oxygens (including phenoxy) is 1. The van der Waals surface area contributed by atoms with E-state index in [1.807, 2.05) is 13.1 Å². The number of rotatable bonds is 7. The van der Waals surface area contributed by atoms with Gasteiger partial charge < -0.3 is 10.1 Å². The average Bonchev–Trinajstić information content (AvgIpc) is 2.35. The summed E-state index contributed by atoms with van der Waals surface area (Å²) in [7, 11) is 3.71. The second-order valence-electron chi connectivity index (χ2n) is 4.23. The Hall–Kier alpha value is -0.540. The van der Waals surface area contributed by atoms with E-state index in [4.69, 9.17) is 4.74 Å². The standard InChI is InChI=1S/C14H22BrNO/c1-4-5-6-7-13(16-2)11-8-9-14(17-3)12(15)10-11/h8-10,13,16H,4-7H2,1-3H3. The highest BCUT2D eigenvalue weighted by Gasteiger charge is 2.10. The molecule has 0 aliphatic rings. The zero-order chi connectivity index (χ0) is 12.7. The normalized spacial score (nSPS) is 12.5. The van der Waals surface area contributed by atoms with Gasteiger partial charge in [-0.05, 0) is 47.1 Å². The Morgan fingerprint density at radius 1 is 1.35 bits per heavy atom. The van der Waals surface area contributed by atoms with Crippen molar-refractivity contribution in [3.05, 3.63) is 28.2 Å². The molecule has 0 radical (unpaired) electrons. The predicted octanol–water partition coefficient (Wildman–Crippen LogP) is 4.30. The summed E-state index contributed by atoms with van der Waals surface area (Å²) in [5.74, 6) is 0.886. The number of hydrogen-bond acceptors (Lipinski definition) is 2. The molecule has 17 heavy (non-hydrogen) atoms. The summed E-state index contributed by atoms with van der Waals surface area (Å²) in [4.78, 5) is 0. The number of nitrogens with one attached hydrogen (secondary N) is 1. The van der Waals surface area contributed by atoms with Gasteiger partial charge >= 0.3 is 0 Å². The quantitative estimate of drug-likeness (QED) is 0.758. The third kappa shape index (κ3) is 4.32. The van der Waals surface area contributed by atoms with Crippen molar-refractivity contribution in [1.82, 2.24) is 5.32 Å². The summed E-state index contributed by atoms with van der Waals surface area (Å²) in [6.45, 7) is 2.23. The Kier molecular flexibility index (Phi) is 6.60. The molecule has 0 heterocycles. The van der Waals surface area contributed by atoms with E-state index in [1.165, 1.54) is 31.2 Å². The SMILES string of the molecule is CCCCCC(NC)c1ccc(OC)c(Br)c1. The molecule has 0 bridgehead atoms. The van der Waals surface area contributed by atoms with Crippen molar-refractivity contribution in [2.24, 2.45) is 0 Å². The van der Waals surface area contributed by atoms with Gasteiger partial charge in [-0.2, -0.15) is 0 Å². The average molecular weight is 300 g/mol. The van der Waals surface area contributed by atoms with E-state index >= 15 is 0 Å². The molecule has 96 valence electrons. The Bertz CT molecular complexity index is 341. The van der Waals surface area contributed by atoms with Gasteiger partial charge in [0.15, 0.2) is 0 Å². The van der Waals surface area contributed by atoms with Crippen LogP contribution in [0.15, 0.2) is 22.7 Å². The van der Waals surface area contributed by atoms with Gasteiger partial charge in [0.1, 0.15) is 5.75 Å². The lowest BCUT2D eigenvalue weighted by atomic mass is 10.0. The van der Waals surface area contributed by atoms with E-state index < -0.39 is 0 Å². The molecular weight excluding hydrogens is 278 g/mol. The minimum atomic E-state index is 0.434. The summed E-state index contributed by atoms with van der Waals surface area (Å²) in [6.07, 6.45) is 5.02. The smallest absolute Gasteiger partial charge is 0.133 e. The summed E-state index contributed by atoms with van der Waals surface area (Å²) in [5.41, 5.74) is 1.32. The van der Waals surface area contributed by atoms with Crippen LogP contribution >= 0.6 is 15.9 Å². The fraction of sp³-hybridized carbons (Fsp3) is 0.571. The van der Waals surface area contributed by atoms with Gasteiger partial charge in [-0.1, -0.05) is 32.3 Å². The highest BCUT2D eigenvalue weighted by Crippen LogP contribution is 2.29. The van der Waals surface area contributed by atoms with Crippen LogP contribution in [-0.4, -0.2) is 14.2 Å². The lowest BCUT2D eigenvalue weighted by molar-refractivity contribution is 0.411. The molecule has 3 heteroatoms. The third-order valence-corrected chi connectivity index (χ3v) is 3.64. The van der Waals surface area contributed by atoms with E-state index in [0.29, 0.717) is 6.04 Å². The van der Waals surface area contributed by atoms with E-state index in [0.717, 1.165) is 10.2 Å². The molecule has 2 nitrogen and oxygen atoms in total. The zero-order valence-corrected chi connectivity index (χ0v) is 12.5. The minimum Gasteiger partial charge on any atom is -0.496 e. The van der Waals surface area contributed by atoms with Crippen molar-refractivity contribution in [1.29, 1.82) is 0 Å². The second kappa shape index (κ2) is 7.72. The molecule has 1 unspecified atom stereocenters. The molecule has 0 saturated carbocycles. The minimum absolute atomic E-state index is 0.434. The van der Waals surface area contributed by atoms with Crippen LogP contribution in [0.2, 0.25) is 0 Å². The van der Waals surface area contributed by atoms with Gasteiger partial charge in [0.2, 0.25) is 0 Å². The predicted molar refractivity (Wildman–Crippen MR) is 76.6 cm³/mol. The van der Waals surface area contributed by atoms with Crippen LogP contribution in [0, 0.1) is 0 Å². The Balaban J connectivity index is 2.71. The van der Waals surface area contributed by atoms with Gasteiger partial charge in [-0.25, -0.2) is 0 Å². The summed E-state index contributed by atoms with van der Waals surface area (Å²) >= 11 is 3.53. The number of methoxy groups -OCH3 is 1. The first kappa shape index (κ1) is 14.5. The zero-order valence-electron chi connectivity index (χ0n) is 10.9. The van der Waals surface area contributed by atoms with Crippen LogP contribution in [0.3, 0.4) is 0 Å². The fourth-order valence-electron chi connectivity index (χ4n) is 1.98. The van der Waals surface area contributed by atoms with Crippen LogP contribution in [0.25, 0.3) is 0 Å². The molecule has 1 aromatic carbocycles. The van der Waals surface area contributed by atoms with E-state index in [-0.39, 0.29) is 0 Å². The van der Waals surface area contributed by atoms with Crippen LogP contribution < -0.4 is 10.1 Å². The van der Waals surface area contributed by atoms with Crippen molar-refractivity contribution in [2.45, 2.75) is 38.6 Å². The van der Waals surface area contributed by atoms with Crippen LogP contribution in [0.4, 0.5) is 0 Å². The lowest BCUT2D eigenvalue weighted by Gasteiger charge is -2.17. The number of unbranched alkanes of at least 4 members (excludes halogenated alkanes) is 2. The van der Waals surface area contributed by atoms with E-state index in [9.17, 15) is 0 Å². The molecule has 0 aliphatic heterocycles.